The predicted molar refractivity (Wildman–Crippen MR) is 87.3 cm³/mol. The highest BCUT2D eigenvalue weighted by Gasteiger charge is 2.40. The fourth-order valence-corrected chi connectivity index (χ4v) is 4.73. The molecule has 5 nitrogen and oxygen atoms in total. The first-order valence-electron chi connectivity index (χ1n) is 7.24. The first kappa shape index (κ1) is 15.6. The minimum Gasteiger partial charge on any atom is -0.481 e. The summed E-state index contributed by atoms with van der Waals surface area (Å²) in [6.45, 7) is 3.57. The molecule has 1 unspecified atom stereocenters. The minimum atomic E-state index is -3.80. The van der Waals surface area contributed by atoms with Crippen LogP contribution in [0.15, 0.2) is 47.4 Å². The van der Waals surface area contributed by atoms with Crippen LogP contribution in [0, 0.1) is 13.8 Å². The zero-order chi connectivity index (χ0) is 16.8. The molecule has 1 N–H and O–H groups in total. The number of anilines is 1. The maximum Gasteiger partial charge on any atom is 0.312 e. The molecule has 1 aliphatic heterocycles. The number of fused-ring (bicyclic) bond motifs is 1. The summed E-state index contributed by atoms with van der Waals surface area (Å²) in [5.74, 6) is -1.86. The lowest BCUT2D eigenvalue weighted by molar-refractivity contribution is -0.138. The Morgan fingerprint density at radius 3 is 2.52 bits per heavy atom. The van der Waals surface area contributed by atoms with Crippen molar-refractivity contribution in [3.63, 3.8) is 0 Å². The standard InChI is InChI=1S/C17H17NO4S/c1-11-7-8-16(12(2)9-11)23(21,22)18-10-14(17(19)20)13-5-3-4-6-15(13)18/h3-9,14H,10H2,1-2H3,(H,19,20). The SMILES string of the molecule is Cc1ccc(S(=O)(=O)N2CC(C(=O)O)c3ccccc32)c(C)c1. The Hall–Kier alpha value is -2.34. The number of hydrogen-bond donors (Lipinski definition) is 1. The molecule has 0 saturated heterocycles. The molecule has 3 rings (SSSR count). The molecule has 0 radical (unpaired) electrons. The average Bonchev–Trinajstić information content (AvgIpc) is 2.87. The van der Waals surface area contributed by atoms with Gasteiger partial charge in [-0.05, 0) is 37.1 Å². The van der Waals surface area contributed by atoms with Gasteiger partial charge >= 0.3 is 5.97 Å². The molecular weight excluding hydrogens is 314 g/mol. The number of rotatable bonds is 3. The van der Waals surface area contributed by atoms with E-state index in [0.29, 0.717) is 16.8 Å². The highest BCUT2D eigenvalue weighted by molar-refractivity contribution is 7.93. The van der Waals surface area contributed by atoms with Crippen molar-refractivity contribution in [2.24, 2.45) is 0 Å². The third-order valence-electron chi connectivity index (χ3n) is 4.13. The second kappa shape index (κ2) is 5.38. The molecule has 0 saturated carbocycles. The molecule has 23 heavy (non-hydrogen) atoms. The molecule has 1 atom stereocenters. The number of nitrogens with zero attached hydrogens (tertiary/aromatic N) is 1. The Morgan fingerprint density at radius 2 is 1.87 bits per heavy atom. The van der Waals surface area contributed by atoms with E-state index in [1.807, 2.05) is 13.0 Å². The molecule has 0 aliphatic carbocycles. The average molecular weight is 331 g/mol. The summed E-state index contributed by atoms with van der Waals surface area (Å²) in [5.41, 5.74) is 2.61. The van der Waals surface area contributed by atoms with E-state index < -0.39 is 21.9 Å². The van der Waals surface area contributed by atoms with E-state index in [-0.39, 0.29) is 11.4 Å². The van der Waals surface area contributed by atoms with E-state index in [1.54, 1.807) is 43.3 Å². The summed E-state index contributed by atoms with van der Waals surface area (Å²) >= 11 is 0. The van der Waals surface area contributed by atoms with Gasteiger partial charge in [0.25, 0.3) is 10.0 Å². The molecule has 0 bridgehead atoms. The normalized spacial score (nSPS) is 17.1. The molecule has 0 fully saturated rings. The summed E-state index contributed by atoms with van der Waals surface area (Å²) in [5, 5.41) is 9.38. The molecule has 0 spiro atoms. The Bertz CT molecular complexity index is 889. The van der Waals surface area contributed by atoms with Gasteiger partial charge in [0.1, 0.15) is 5.92 Å². The fourth-order valence-electron chi connectivity index (χ4n) is 3.02. The summed E-state index contributed by atoms with van der Waals surface area (Å²) in [6, 6.07) is 11.9. The van der Waals surface area contributed by atoms with Crippen LogP contribution < -0.4 is 4.31 Å². The Morgan fingerprint density at radius 1 is 1.17 bits per heavy atom. The van der Waals surface area contributed by atoms with Crippen molar-refractivity contribution in [1.29, 1.82) is 0 Å². The van der Waals surface area contributed by atoms with Crippen LogP contribution in [0.25, 0.3) is 0 Å². The van der Waals surface area contributed by atoms with Crippen molar-refractivity contribution in [1.82, 2.24) is 0 Å². The highest BCUT2D eigenvalue weighted by Crippen LogP contribution is 2.40. The second-order valence-corrected chi connectivity index (χ2v) is 7.59. The number of carbonyl (C=O) groups is 1. The van der Waals surface area contributed by atoms with Gasteiger partial charge in [0.15, 0.2) is 0 Å². The van der Waals surface area contributed by atoms with Gasteiger partial charge < -0.3 is 5.11 Å². The molecule has 1 heterocycles. The van der Waals surface area contributed by atoms with Crippen LogP contribution in [0.4, 0.5) is 5.69 Å². The van der Waals surface area contributed by atoms with E-state index in [9.17, 15) is 18.3 Å². The number of benzene rings is 2. The first-order chi connectivity index (χ1) is 10.8. The molecule has 0 aromatic heterocycles. The van der Waals surface area contributed by atoms with Crippen molar-refractivity contribution in [3.05, 3.63) is 59.2 Å². The summed E-state index contributed by atoms with van der Waals surface area (Å²) in [4.78, 5) is 11.7. The monoisotopic (exact) mass is 331 g/mol. The van der Waals surface area contributed by atoms with Crippen LogP contribution in [0.5, 0.6) is 0 Å². The quantitative estimate of drug-likeness (QED) is 0.938. The van der Waals surface area contributed by atoms with Crippen LogP contribution in [0.1, 0.15) is 22.6 Å². The van der Waals surface area contributed by atoms with Crippen molar-refractivity contribution < 1.29 is 18.3 Å². The van der Waals surface area contributed by atoms with Crippen LogP contribution in [-0.2, 0) is 14.8 Å². The van der Waals surface area contributed by atoms with Crippen LogP contribution >= 0.6 is 0 Å². The van der Waals surface area contributed by atoms with E-state index in [0.717, 1.165) is 5.56 Å². The van der Waals surface area contributed by atoms with Gasteiger partial charge in [0, 0.05) is 0 Å². The van der Waals surface area contributed by atoms with Gasteiger partial charge in [-0.1, -0.05) is 35.9 Å². The van der Waals surface area contributed by atoms with E-state index in [2.05, 4.69) is 0 Å². The van der Waals surface area contributed by atoms with Crippen LogP contribution in [0.2, 0.25) is 0 Å². The van der Waals surface area contributed by atoms with Gasteiger partial charge in [-0.3, -0.25) is 9.10 Å². The van der Waals surface area contributed by atoms with E-state index in [4.69, 9.17) is 0 Å². The third kappa shape index (κ3) is 2.49. The Balaban J connectivity index is 2.13. The lowest BCUT2D eigenvalue weighted by atomic mass is 10.0. The van der Waals surface area contributed by atoms with Crippen LogP contribution in [-0.4, -0.2) is 26.0 Å². The summed E-state index contributed by atoms with van der Waals surface area (Å²) < 4.78 is 27.3. The van der Waals surface area contributed by atoms with Crippen LogP contribution in [0.3, 0.4) is 0 Å². The van der Waals surface area contributed by atoms with E-state index in [1.165, 1.54) is 4.31 Å². The van der Waals surface area contributed by atoms with Gasteiger partial charge in [-0.2, -0.15) is 0 Å². The number of para-hydroxylation sites is 1. The number of aryl methyl sites for hydroxylation is 2. The third-order valence-corrected chi connectivity index (χ3v) is 6.07. The second-order valence-electron chi connectivity index (χ2n) is 5.75. The van der Waals surface area contributed by atoms with Gasteiger partial charge in [0.05, 0.1) is 17.1 Å². The number of sulfonamides is 1. The Labute approximate surface area is 135 Å². The summed E-state index contributed by atoms with van der Waals surface area (Å²) in [7, 11) is -3.80. The zero-order valence-electron chi connectivity index (χ0n) is 12.9. The largest absolute Gasteiger partial charge is 0.481 e. The molecule has 1 aliphatic rings. The van der Waals surface area contributed by atoms with Gasteiger partial charge in [-0.15, -0.1) is 0 Å². The fraction of sp³-hybridized carbons (Fsp3) is 0.235. The lowest BCUT2D eigenvalue weighted by Crippen LogP contribution is -2.31. The summed E-state index contributed by atoms with van der Waals surface area (Å²) in [6.07, 6.45) is 0. The van der Waals surface area contributed by atoms with E-state index >= 15 is 0 Å². The lowest BCUT2D eigenvalue weighted by Gasteiger charge is -2.21. The zero-order valence-corrected chi connectivity index (χ0v) is 13.7. The maximum atomic E-state index is 13.0. The number of carboxylic acid groups (broad SMARTS) is 1. The van der Waals surface area contributed by atoms with Crippen molar-refractivity contribution in [3.8, 4) is 0 Å². The molecule has 2 aromatic rings. The molecule has 120 valence electrons. The Kier molecular flexibility index (Phi) is 3.64. The number of carboxylic acids is 1. The molecule has 0 amide bonds. The molecule has 2 aromatic carbocycles. The maximum absolute atomic E-state index is 13.0. The van der Waals surface area contributed by atoms with Gasteiger partial charge in [-0.25, -0.2) is 8.42 Å². The number of aliphatic carboxylic acids is 1. The smallest absolute Gasteiger partial charge is 0.312 e. The highest BCUT2D eigenvalue weighted by atomic mass is 32.2. The molecule has 6 heteroatoms. The number of hydrogen-bond acceptors (Lipinski definition) is 3. The first-order valence-corrected chi connectivity index (χ1v) is 8.68. The molecular formula is C17H17NO4S. The van der Waals surface area contributed by atoms with Crippen molar-refractivity contribution in [2.75, 3.05) is 10.8 Å². The minimum absolute atomic E-state index is 0.0790. The van der Waals surface area contributed by atoms with Crippen molar-refractivity contribution >= 4 is 21.7 Å². The van der Waals surface area contributed by atoms with Crippen molar-refractivity contribution in [2.45, 2.75) is 24.7 Å². The topological polar surface area (TPSA) is 74.7 Å². The van der Waals surface area contributed by atoms with Gasteiger partial charge in [0.2, 0.25) is 0 Å². The predicted octanol–water partition coefficient (Wildman–Crippen LogP) is 2.68.